The average Bonchev–Trinajstić information content (AvgIpc) is 2.65. The first-order valence-corrected chi connectivity index (χ1v) is 5.97. The number of rotatable bonds is 3. The zero-order chi connectivity index (χ0) is 10.7. The van der Waals surface area contributed by atoms with Gasteiger partial charge in [0.2, 0.25) is 0 Å². The van der Waals surface area contributed by atoms with Crippen molar-refractivity contribution in [1.29, 1.82) is 0 Å². The zero-order valence-electron chi connectivity index (χ0n) is 8.71. The summed E-state index contributed by atoms with van der Waals surface area (Å²) in [5.74, 6) is 0.853. The number of aromatic nitrogens is 2. The molecule has 0 amide bonds. The second-order valence-electron chi connectivity index (χ2n) is 4.30. The minimum Gasteiger partial charge on any atom is -0.336 e. The summed E-state index contributed by atoms with van der Waals surface area (Å²) >= 11 is 4.92. The highest BCUT2D eigenvalue weighted by molar-refractivity contribution is 7.71. The van der Waals surface area contributed by atoms with E-state index in [9.17, 15) is 4.79 Å². The van der Waals surface area contributed by atoms with Gasteiger partial charge in [-0.2, -0.15) is 0 Å². The summed E-state index contributed by atoms with van der Waals surface area (Å²) in [6.45, 7) is 0. The van der Waals surface area contributed by atoms with Gasteiger partial charge in [-0.05, 0) is 31.0 Å². The van der Waals surface area contributed by atoms with Crippen molar-refractivity contribution in [1.82, 2.24) is 9.97 Å². The van der Waals surface area contributed by atoms with Crippen LogP contribution in [0.5, 0.6) is 0 Å². The van der Waals surface area contributed by atoms with Crippen molar-refractivity contribution in [2.45, 2.75) is 38.5 Å². The lowest BCUT2D eigenvalue weighted by Gasteiger charge is -2.07. The number of H-pyrrole nitrogens is 2. The number of hydrogen-bond donors (Lipinski definition) is 2. The van der Waals surface area contributed by atoms with Crippen LogP contribution in [0.1, 0.15) is 37.8 Å². The van der Waals surface area contributed by atoms with Crippen LogP contribution in [0.3, 0.4) is 0 Å². The van der Waals surface area contributed by atoms with Gasteiger partial charge in [0.25, 0.3) is 5.56 Å². The van der Waals surface area contributed by atoms with E-state index in [1.165, 1.54) is 32.1 Å². The van der Waals surface area contributed by atoms with E-state index in [1.54, 1.807) is 6.07 Å². The molecule has 0 radical (unpaired) electrons. The molecule has 3 nitrogen and oxygen atoms in total. The Kier molecular flexibility index (Phi) is 3.36. The molecule has 1 aromatic rings. The summed E-state index contributed by atoms with van der Waals surface area (Å²) in [6, 6.07) is 1.62. The molecule has 2 rings (SSSR count). The topological polar surface area (TPSA) is 48.6 Å². The fraction of sp³-hybridized carbons (Fsp3) is 0.636. The Hall–Kier alpha value is -0.900. The number of aryl methyl sites for hydroxylation is 1. The molecule has 0 bridgehead atoms. The van der Waals surface area contributed by atoms with Gasteiger partial charge in [-0.25, -0.2) is 0 Å². The van der Waals surface area contributed by atoms with Crippen molar-refractivity contribution >= 4 is 12.2 Å². The predicted molar refractivity (Wildman–Crippen MR) is 62.5 cm³/mol. The van der Waals surface area contributed by atoms with Crippen molar-refractivity contribution < 1.29 is 0 Å². The molecule has 15 heavy (non-hydrogen) atoms. The molecule has 4 heteroatoms. The van der Waals surface area contributed by atoms with E-state index < -0.39 is 0 Å². The minimum atomic E-state index is -0.0971. The first kappa shape index (κ1) is 10.6. The Labute approximate surface area is 93.9 Å². The van der Waals surface area contributed by atoms with E-state index in [2.05, 4.69) is 9.97 Å². The lowest BCUT2D eigenvalue weighted by molar-refractivity contribution is 0.500. The Morgan fingerprint density at radius 2 is 2.07 bits per heavy atom. The molecule has 0 aliphatic heterocycles. The van der Waals surface area contributed by atoms with E-state index in [4.69, 9.17) is 12.2 Å². The molecule has 0 aromatic carbocycles. The highest BCUT2D eigenvalue weighted by Crippen LogP contribution is 2.28. The lowest BCUT2D eigenvalue weighted by atomic mass is 10.0. The van der Waals surface area contributed by atoms with Crippen LogP contribution in [0.2, 0.25) is 0 Å². The van der Waals surface area contributed by atoms with Crippen LogP contribution in [0.4, 0.5) is 0 Å². The molecule has 1 fully saturated rings. The normalized spacial score (nSPS) is 17.1. The molecule has 1 aliphatic carbocycles. The van der Waals surface area contributed by atoms with E-state index >= 15 is 0 Å². The van der Waals surface area contributed by atoms with Crippen molar-refractivity contribution in [2.75, 3.05) is 0 Å². The molecule has 0 atom stereocenters. The molecular weight excluding hydrogens is 208 g/mol. The highest BCUT2D eigenvalue weighted by Gasteiger charge is 2.14. The molecule has 82 valence electrons. The van der Waals surface area contributed by atoms with Crippen molar-refractivity contribution in [3.63, 3.8) is 0 Å². The maximum Gasteiger partial charge on any atom is 0.251 e. The summed E-state index contributed by atoms with van der Waals surface area (Å²) in [7, 11) is 0. The monoisotopic (exact) mass is 224 g/mol. The second kappa shape index (κ2) is 4.75. The second-order valence-corrected chi connectivity index (χ2v) is 4.71. The molecule has 1 aliphatic rings. The molecular formula is C11H16N2OS. The van der Waals surface area contributed by atoms with Crippen LogP contribution in [-0.2, 0) is 6.42 Å². The number of nitrogens with one attached hydrogen (secondary N) is 2. The number of hydrogen-bond acceptors (Lipinski definition) is 2. The van der Waals surface area contributed by atoms with Gasteiger partial charge < -0.3 is 4.98 Å². The van der Waals surface area contributed by atoms with Gasteiger partial charge >= 0.3 is 0 Å². The fourth-order valence-electron chi connectivity index (χ4n) is 2.31. The maximum absolute atomic E-state index is 11.2. The van der Waals surface area contributed by atoms with E-state index in [1.807, 2.05) is 0 Å². The van der Waals surface area contributed by atoms with Crippen molar-refractivity contribution in [3.8, 4) is 0 Å². The fourth-order valence-corrected chi connectivity index (χ4v) is 2.54. The van der Waals surface area contributed by atoms with Gasteiger partial charge in [0.15, 0.2) is 4.77 Å². The van der Waals surface area contributed by atoms with Gasteiger partial charge in [-0.3, -0.25) is 9.78 Å². The van der Waals surface area contributed by atoms with E-state index in [-0.39, 0.29) is 5.56 Å². The first-order chi connectivity index (χ1) is 7.24. The Morgan fingerprint density at radius 3 is 2.73 bits per heavy atom. The Bertz CT molecular complexity index is 400. The van der Waals surface area contributed by atoms with Crippen LogP contribution in [0.15, 0.2) is 10.9 Å². The van der Waals surface area contributed by atoms with Crippen LogP contribution >= 0.6 is 12.2 Å². The largest absolute Gasteiger partial charge is 0.336 e. The lowest BCUT2D eigenvalue weighted by Crippen LogP contribution is -2.09. The van der Waals surface area contributed by atoms with E-state index in [0.29, 0.717) is 4.77 Å². The van der Waals surface area contributed by atoms with Gasteiger partial charge in [0.05, 0.1) is 0 Å². The summed E-state index contributed by atoms with van der Waals surface area (Å²) in [4.78, 5) is 16.7. The van der Waals surface area contributed by atoms with Crippen molar-refractivity contribution in [3.05, 3.63) is 26.9 Å². The van der Waals surface area contributed by atoms with Gasteiger partial charge in [-0.1, -0.05) is 25.7 Å². The van der Waals surface area contributed by atoms with Crippen LogP contribution in [0.25, 0.3) is 0 Å². The quantitative estimate of drug-likeness (QED) is 0.775. The first-order valence-electron chi connectivity index (χ1n) is 5.56. The number of aromatic amines is 2. The SMILES string of the molecule is O=c1cc(CCC2CCCC2)[nH]c(=S)[nH]1. The van der Waals surface area contributed by atoms with Gasteiger partial charge in [0, 0.05) is 11.8 Å². The van der Waals surface area contributed by atoms with Gasteiger partial charge in [0.1, 0.15) is 0 Å². The average molecular weight is 224 g/mol. The molecule has 2 N–H and O–H groups in total. The third kappa shape index (κ3) is 3.02. The van der Waals surface area contributed by atoms with E-state index in [0.717, 1.165) is 18.0 Å². The molecule has 0 unspecified atom stereocenters. The zero-order valence-corrected chi connectivity index (χ0v) is 9.53. The van der Waals surface area contributed by atoms with Gasteiger partial charge in [-0.15, -0.1) is 0 Å². The summed E-state index contributed by atoms with van der Waals surface area (Å²) in [5.41, 5.74) is 0.871. The smallest absolute Gasteiger partial charge is 0.251 e. The summed E-state index contributed by atoms with van der Waals surface area (Å²) < 4.78 is 0.434. The predicted octanol–water partition coefficient (Wildman–Crippen LogP) is 2.56. The highest BCUT2D eigenvalue weighted by atomic mass is 32.1. The van der Waals surface area contributed by atoms with Crippen LogP contribution in [0, 0.1) is 10.7 Å². The standard InChI is InChI=1S/C11H16N2OS/c14-10-7-9(12-11(15)13-10)6-5-8-3-1-2-4-8/h7-8H,1-6H2,(H2,12,13,14,15). The molecule has 1 saturated carbocycles. The maximum atomic E-state index is 11.2. The summed E-state index contributed by atoms with van der Waals surface area (Å²) in [6.07, 6.45) is 7.56. The van der Waals surface area contributed by atoms with Crippen LogP contribution in [-0.4, -0.2) is 9.97 Å². The van der Waals surface area contributed by atoms with Crippen molar-refractivity contribution in [2.24, 2.45) is 5.92 Å². The Morgan fingerprint density at radius 1 is 1.33 bits per heavy atom. The molecule has 1 heterocycles. The third-order valence-corrected chi connectivity index (χ3v) is 3.32. The molecule has 0 spiro atoms. The van der Waals surface area contributed by atoms with Crippen LogP contribution < -0.4 is 5.56 Å². The minimum absolute atomic E-state index is 0.0971. The summed E-state index contributed by atoms with van der Waals surface area (Å²) in [5, 5.41) is 0. The third-order valence-electron chi connectivity index (χ3n) is 3.11. The Balaban J connectivity index is 1.98. The molecule has 0 saturated heterocycles. The molecule has 1 aromatic heterocycles.